The fraction of sp³-hybridized carbons (Fsp3) is 0.106. The van der Waals surface area contributed by atoms with Gasteiger partial charge in [0.2, 0.25) is 0 Å². The highest BCUT2D eigenvalue weighted by atomic mass is 79.9. The lowest BCUT2D eigenvalue weighted by Crippen LogP contribution is -2.31. The molecule has 2 aliphatic rings. The molecule has 0 saturated heterocycles. The first-order chi connectivity index (χ1) is 24.1. The predicted molar refractivity (Wildman–Crippen MR) is 210 cm³/mol. The Morgan fingerprint density at radius 1 is 0.531 bits per heavy atom. The average Bonchev–Trinajstić information content (AvgIpc) is 3.42. The van der Waals surface area contributed by atoms with Gasteiger partial charge < -0.3 is 4.90 Å². The first-order valence-electron chi connectivity index (χ1n) is 17.1. The molecule has 0 aromatic heterocycles. The van der Waals surface area contributed by atoms with Crippen LogP contribution >= 0.6 is 15.9 Å². The molecule has 2 heteroatoms. The number of hydrogen-bond donors (Lipinski definition) is 0. The first kappa shape index (κ1) is 31.1. The van der Waals surface area contributed by atoms with E-state index in [0.29, 0.717) is 0 Å². The molecule has 0 aliphatic heterocycles. The van der Waals surface area contributed by atoms with Gasteiger partial charge in [-0.25, -0.2) is 0 Å². The van der Waals surface area contributed by atoms with Gasteiger partial charge in [0, 0.05) is 21.5 Å². The molecule has 0 heterocycles. The van der Waals surface area contributed by atoms with Gasteiger partial charge in [0.15, 0.2) is 0 Å². The summed E-state index contributed by atoms with van der Waals surface area (Å²) in [5.74, 6) is 0. The predicted octanol–water partition coefficient (Wildman–Crippen LogP) is 13.0. The second kappa shape index (κ2) is 13.0. The maximum Gasteiger partial charge on any atom is 0.0671 e. The van der Waals surface area contributed by atoms with E-state index < -0.39 is 5.41 Å². The molecular weight excluding hydrogens is 658 g/mol. The van der Waals surface area contributed by atoms with Gasteiger partial charge in [-0.2, -0.15) is 0 Å². The van der Waals surface area contributed by atoms with Crippen molar-refractivity contribution in [1.82, 2.24) is 0 Å². The summed E-state index contributed by atoms with van der Waals surface area (Å²) in [5, 5.41) is 0. The molecule has 49 heavy (non-hydrogen) atoms. The van der Waals surface area contributed by atoms with Crippen LogP contribution in [0.3, 0.4) is 0 Å². The van der Waals surface area contributed by atoms with Crippen LogP contribution in [0.5, 0.6) is 0 Å². The molecule has 6 aromatic rings. The van der Waals surface area contributed by atoms with Crippen molar-refractivity contribution in [2.45, 2.75) is 32.1 Å². The Morgan fingerprint density at radius 3 is 1.63 bits per heavy atom. The summed E-state index contributed by atoms with van der Waals surface area (Å²) in [6.07, 6.45) is 4.41. The number of hydrogen-bond acceptors (Lipinski definition) is 1. The number of nitrogens with zero attached hydrogens (tertiary/aromatic N) is 1. The summed E-state index contributed by atoms with van der Waals surface area (Å²) in [6.45, 7) is 4.63. The van der Waals surface area contributed by atoms with Gasteiger partial charge in [0.25, 0.3) is 0 Å². The van der Waals surface area contributed by atoms with Gasteiger partial charge in [-0.1, -0.05) is 143 Å². The van der Waals surface area contributed by atoms with Crippen LogP contribution in [0.15, 0.2) is 197 Å². The summed E-state index contributed by atoms with van der Waals surface area (Å²) < 4.78 is 1.07. The molecule has 0 bridgehead atoms. The van der Waals surface area contributed by atoms with Crippen LogP contribution in [0.1, 0.15) is 42.0 Å². The lowest BCUT2D eigenvalue weighted by molar-refractivity contribution is 0.722. The highest BCUT2D eigenvalue weighted by molar-refractivity contribution is 9.10. The second-order valence-electron chi connectivity index (χ2n) is 13.0. The topological polar surface area (TPSA) is 3.24 Å². The minimum atomic E-state index is -0.427. The molecular formula is C47H38BrN. The Bertz CT molecular complexity index is 2170. The zero-order valence-corrected chi connectivity index (χ0v) is 29.5. The van der Waals surface area contributed by atoms with Gasteiger partial charge in [-0.05, 0) is 125 Å². The molecule has 8 rings (SSSR count). The highest BCUT2D eigenvalue weighted by Gasteiger charge is 2.48. The normalized spacial score (nSPS) is 15.2. The molecule has 238 valence electrons. The fourth-order valence-electron chi connectivity index (χ4n) is 8.11. The Morgan fingerprint density at radius 2 is 1.04 bits per heavy atom. The minimum absolute atomic E-state index is 0.427. The molecule has 0 N–H and O–H groups in total. The molecule has 0 atom stereocenters. The minimum Gasteiger partial charge on any atom is -0.314 e. The molecule has 0 radical (unpaired) electrons. The number of benzene rings is 6. The molecule has 1 nitrogen and oxygen atoms in total. The van der Waals surface area contributed by atoms with E-state index in [1.807, 2.05) is 0 Å². The van der Waals surface area contributed by atoms with E-state index in [2.05, 4.69) is 205 Å². The Labute approximate surface area is 298 Å². The number of anilines is 2. The first-order valence-corrected chi connectivity index (χ1v) is 17.9. The van der Waals surface area contributed by atoms with E-state index in [-0.39, 0.29) is 0 Å². The third kappa shape index (κ3) is 5.41. The fourth-order valence-corrected chi connectivity index (χ4v) is 8.37. The quantitative estimate of drug-likeness (QED) is 0.161. The maximum absolute atomic E-state index is 3.68. The van der Waals surface area contributed by atoms with Crippen molar-refractivity contribution in [2.75, 3.05) is 4.90 Å². The van der Waals surface area contributed by atoms with Gasteiger partial charge in [0.1, 0.15) is 0 Å². The van der Waals surface area contributed by atoms with E-state index in [4.69, 9.17) is 0 Å². The molecule has 0 spiro atoms. The summed E-state index contributed by atoms with van der Waals surface area (Å²) in [6, 6.07) is 59.6. The van der Waals surface area contributed by atoms with Gasteiger partial charge in [-0.15, -0.1) is 0 Å². The molecule has 0 saturated carbocycles. The molecule has 0 unspecified atom stereocenters. The molecule has 0 fully saturated rings. The number of allylic oxidation sites excluding steroid dienone is 6. The molecule has 6 aromatic carbocycles. The Hall–Kier alpha value is -5.18. The van der Waals surface area contributed by atoms with Crippen LogP contribution in [0.25, 0.3) is 16.7 Å². The van der Waals surface area contributed by atoms with Crippen molar-refractivity contribution < 1.29 is 0 Å². The van der Waals surface area contributed by atoms with Crippen molar-refractivity contribution in [1.29, 1.82) is 0 Å². The number of aryl methyl sites for hydroxylation is 1. The SMILES string of the molecule is CC1=C(c2ccccc2C)C2=C(C=C(N(c3ccc(Br)cc3)c3ccc(-c4ccccc4)cc3)CC2)C1(c1ccccc1)c1ccccc1. The number of halogens is 1. The molecule has 0 amide bonds. The summed E-state index contributed by atoms with van der Waals surface area (Å²) in [7, 11) is 0. The lowest BCUT2D eigenvalue weighted by atomic mass is 9.65. The van der Waals surface area contributed by atoms with Crippen LogP contribution in [-0.4, -0.2) is 0 Å². The van der Waals surface area contributed by atoms with Crippen molar-refractivity contribution in [3.63, 3.8) is 0 Å². The summed E-state index contributed by atoms with van der Waals surface area (Å²) >= 11 is 3.68. The van der Waals surface area contributed by atoms with Crippen LogP contribution in [-0.2, 0) is 5.41 Å². The zero-order valence-electron chi connectivity index (χ0n) is 27.9. The van der Waals surface area contributed by atoms with E-state index in [0.717, 1.165) is 28.7 Å². The van der Waals surface area contributed by atoms with Crippen LogP contribution < -0.4 is 4.90 Å². The largest absolute Gasteiger partial charge is 0.314 e. The zero-order chi connectivity index (χ0) is 33.4. The highest BCUT2D eigenvalue weighted by Crippen LogP contribution is 2.59. The van der Waals surface area contributed by atoms with Crippen LogP contribution in [0, 0.1) is 6.92 Å². The second-order valence-corrected chi connectivity index (χ2v) is 14.0. The Kier molecular flexibility index (Phi) is 8.27. The monoisotopic (exact) mass is 695 g/mol. The third-order valence-electron chi connectivity index (χ3n) is 10.3. The van der Waals surface area contributed by atoms with E-state index in [1.54, 1.807) is 0 Å². The van der Waals surface area contributed by atoms with Crippen molar-refractivity contribution >= 4 is 32.9 Å². The summed E-state index contributed by atoms with van der Waals surface area (Å²) in [4.78, 5) is 2.47. The maximum atomic E-state index is 3.68. The van der Waals surface area contributed by atoms with Gasteiger partial charge in [-0.3, -0.25) is 0 Å². The average molecular weight is 697 g/mol. The summed E-state index contributed by atoms with van der Waals surface area (Å²) in [5.41, 5.74) is 16.5. The van der Waals surface area contributed by atoms with Gasteiger partial charge in [0.05, 0.1) is 5.41 Å². The third-order valence-corrected chi connectivity index (χ3v) is 10.9. The molecule has 2 aliphatic carbocycles. The van der Waals surface area contributed by atoms with Gasteiger partial charge >= 0.3 is 0 Å². The van der Waals surface area contributed by atoms with E-state index in [9.17, 15) is 0 Å². The van der Waals surface area contributed by atoms with E-state index in [1.165, 1.54) is 61.4 Å². The number of rotatable bonds is 7. The van der Waals surface area contributed by atoms with Crippen molar-refractivity contribution in [2.24, 2.45) is 0 Å². The van der Waals surface area contributed by atoms with Crippen LogP contribution in [0.4, 0.5) is 11.4 Å². The smallest absolute Gasteiger partial charge is 0.0671 e. The Balaban J connectivity index is 1.37. The standard InChI is InChI=1S/C47H38BrN/c1-33-14-12-13-21-43(33)46-34(2)47(37-17-8-4-9-18-37,38-19-10-5-11-20-38)45-32-42(30-31-44(45)46)49(41-28-24-39(48)25-29-41)40-26-22-36(23-27-40)35-15-6-3-7-16-35/h3-29,32H,30-31H2,1-2H3. The van der Waals surface area contributed by atoms with Crippen molar-refractivity contribution in [3.8, 4) is 11.1 Å². The van der Waals surface area contributed by atoms with Crippen molar-refractivity contribution in [3.05, 3.63) is 219 Å². The lowest BCUT2D eigenvalue weighted by Gasteiger charge is -2.38. The van der Waals surface area contributed by atoms with Crippen LogP contribution in [0.2, 0.25) is 0 Å². The van der Waals surface area contributed by atoms with E-state index >= 15 is 0 Å².